The molecule has 0 bridgehead atoms. The van der Waals surface area contributed by atoms with Crippen LogP contribution >= 0.6 is 0 Å². The lowest BCUT2D eigenvalue weighted by Gasteiger charge is -2.22. The maximum atomic E-state index is 13.2. The number of Topliss-reactive ketones (excluding diaryl/α,β-unsaturated/α-hetero) is 1. The van der Waals surface area contributed by atoms with Crippen LogP contribution in [0.5, 0.6) is 0 Å². The number of nitrogens with zero attached hydrogens (tertiary/aromatic N) is 1. The number of rotatable bonds is 14. The Kier molecular flexibility index (Phi) is 11.3. The molecule has 1 N–H and O–H groups in total. The van der Waals surface area contributed by atoms with Gasteiger partial charge in [0, 0.05) is 25.9 Å². The molecule has 1 aliphatic rings. The van der Waals surface area contributed by atoms with Crippen LogP contribution in [0.2, 0.25) is 0 Å². The predicted molar refractivity (Wildman–Crippen MR) is 140 cm³/mol. The number of amides is 1. The quantitative estimate of drug-likeness (QED) is 0.293. The summed E-state index contributed by atoms with van der Waals surface area (Å²) in [5.41, 5.74) is 0.606. The minimum atomic E-state index is -4.44. The van der Waals surface area contributed by atoms with Gasteiger partial charge < -0.3 is 5.32 Å². The maximum absolute atomic E-state index is 13.2. The molecule has 4 nitrogen and oxygen atoms in total. The summed E-state index contributed by atoms with van der Waals surface area (Å²) in [5.74, 6) is -0.116. The molecule has 2 aromatic rings. The Hall–Kier alpha value is -3.26. The van der Waals surface area contributed by atoms with E-state index in [2.05, 4.69) is 17.5 Å². The first kappa shape index (κ1) is 29.3. The van der Waals surface area contributed by atoms with E-state index in [9.17, 15) is 27.2 Å². The van der Waals surface area contributed by atoms with Crippen LogP contribution in [0.3, 0.4) is 0 Å². The summed E-state index contributed by atoms with van der Waals surface area (Å²) in [6.45, 7) is 1.18. The lowest BCUT2D eigenvalue weighted by Crippen LogP contribution is -2.35. The third-order valence-electron chi connectivity index (χ3n) is 6.52. The van der Waals surface area contributed by atoms with Crippen LogP contribution in [-0.4, -0.2) is 36.2 Å². The summed E-state index contributed by atoms with van der Waals surface area (Å²) in [5, 5.41) is 2.67. The minimum Gasteiger partial charge on any atom is -0.352 e. The Morgan fingerprint density at radius 3 is 2.47 bits per heavy atom. The van der Waals surface area contributed by atoms with Crippen LogP contribution in [0.15, 0.2) is 72.8 Å². The molecule has 0 aliphatic heterocycles. The zero-order valence-electron chi connectivity index (χ0n) is 21.4. The van der Waals surface area contributed by atoms with Gasteiger partial charge in [-0.05, 0) is 73.5 Å². The highest BCUT2D eigenvalue weighted by molar-refractivity contribution is 5.80. The van der Waals surface area contributed by atoms with Gasteiger partial charge in [-0.15, -0.1) is 0 Å². The van der Waals surface area contributed by atoms with Crippen molar-refractivity contribution in [3.8, 4) is 0 Å². The first-order valence-corrected chi connectivity index (χ1v) is 12.9. The van der Waals surface area contributed by atoms with Crippen molar-refractivity contribution in [2.75, 3.05) is 19.6 Å². The Morgan fingerprint density at radius 1 is 0.974 bits per heavy atom. The third kappa shape index (κ3) is 10.6. The van der Waals surface area contributed by atoms with E-state index in [0.717, 1.165) is 37.0 Å². The molecule has 0 heterocycles. The van der Waals surface area contributed by atoms with Gasteiger partial charge in [-0.1, -0.05) is 48.6 Å². The Morgan fingerprint density at radius 2 is 1.76 bits per heavy atom. The second-order valence-corrected chi connectivity index (χ2v) is 9.62. The molecular weight excluding hydrogens is 496 g/mol. The van der Waals surface area contributed by atoms with E-state index in [1.54, 1.807) is 12.1 Å². The lowest BCUT2D eigenvalue weighted by molar-refractivity contribution is -0.137. The van der Waals surface area contributed by atoms with Crippen molar-refractivity contribution in [3.63, 3.8) is 0 Å². The normalized spacial score (nSPS) is 15.1. The number of halogens is 4. The van der Waals surface area contributed by atoms with Crippen LogP contribution in [0.25, 0.3) is 0 Å². The molecule has 0 fully saturated rings. The highest BCUT2D eigenvalue weighted by Crippen LogP contribution is 2.29. The van der Waals surface area contributed by atoms with Crippen LogP contribution in [0.4, 0.5) is 17.6 Å². The molecular formula is C30H34F4N2O2. The molecule has 1 atom stereocenters. The van der Waals surface area contributed by atoms with Gasteiger partial charge in [0.05, 0.1) is 12.1 Å². The number of nitrogens with one attached hydrogen (secondary N) is 1. The second-order valence-electron chi connectivity index (χ2n) is 9.62. The smallest absolute Gasteiger partial charge is 0.352 e. The SMILES string of the molecule is O=C(CCC1C=CC=CC1)CN(CCCc1ccc(F)cc1)CCC(=O)NCc1cccc(C(F)(F)F)c1. The zero-order valence-corrected chi connectivity index (χ0v) is 21.4. The van der Waals surface area contributed by atoms with E-state index in [1.165, 1.54) is 24.3 Å². The van der Waals surface area contributed by atoms with Gasteiger partial charge in [0.25, 0.3) is 0 Å². The summed E-state index contributed by atoms with van der Waals surface area (Å²) in [6, 6.07) is 11.2. The molecule has 38 heavy (non-hydrogen) atoms. The van der Waals surface area contributed by atoms with Crippen LogP contribution in [0, 0.1) is 11.7 Å². The minimum absolute atomic E-state index is 0.00436. The fourth-order valence-electron chi connectivity index (χ4n) is 4.35. The van der Waals surface area contributed by atoms with Crippen LogP contribution < -0.4 is 5.32 Å². The number of hydrogen-bond acceptors (Lipinski definition) is 3. The third-order valence-corrected chi connectivity index (χ3v) is 6.52. The van der Waals surface area contributed by atoms with Crippen molar-refractivity contribution in [2.45, 2.75) is 51.2 Å². The molecule has 1 amide bonds. The summed E-state index contributed by atoms with van der Waals surface area (Å²) in [7, 11) is 0. The average molecular weight is 531 g/mol. The molecule has 8 heteroatoms. The molecule has 0 spiro atoms. The van der Waals surface area contributed by atoms with Gasteiger partial charge in [0.15, 0.2) is 0 Å². The van der Waals surface area contributed by atoms with Gasteiger partial charge in [-0.25, -0.2) is 4.39 Å². The monoisotopic (exact) mass is 530 g/mol. The van der Waals surface area contributed by atoms with Crippen molar-refractivity contribution in [3.05, 3.63) is 95.3 Å². The molecule has 0 saturated heterocycles. The number of aryl methyl sites for hydroxylation is 1. The molecule has 0 saturated carbocycles. The van der Waals surface area contributed by atoms with Crippen LogP contribution in [0.1, 0.15) is 48.8 Å². The number of allylic oxidation sites excluding steroid dienone is 4. The fraction of sp³-hybridized carbons (Fsp3) is 0.400. The number of carbonyl (C=O) groups is 2. The van der Waals surface area contributed by atoms with E-state index in [0.29, 0.717) is 37.4 Å². The Bertz CT molecular complexity index is 1110. The summed E-state index contributed by atoms with van der Waals surface area (Å²) in [4.78, 5) is 27.1. The zero-order chi connectivity index (χ0) is 27.4. The van der Waals surface area contributed by atoms with Gasteiger partial charge in [-0.2, -0.15) is 13.2 Å². The Balaban J connectivity index is 1.49. The van der Waals surface area contributed by atoms with Crippen molar-refractivity contribution >= 4 is 11.7 Å². The van der Waals surface area contributed by atoms with Crippen LogP contribution in [-0.2, 0) is 28.7 Å². The fourth-order valence-corrected chi connectivity index (χ4v) is 4.35. The van der Waals surface area contributed by atoms with E-state index >= 15 is 0 Å². The van der Waals surface area contributed by atoms with Crippen molar-refractivity contribution in [1.29, 1.82) is 0 Å². The molecule has 0 radical (unpaired) electrons. The molecule has 1 aliphatic carbocycles. The van der Waals surface area contributed by atoms with Gasteiger partial charge >= 0.3 is 6.18 Å². The lowest BCUT2D eigenvalue weighted by atomic mass is 9.94. The number of benzene rings is 2. The standard InChI is InChI=1S/C30H34F4N2O2/c31-27-14-11-24(12-15-27)9-5-18-36(22-28(37)16-13-23-6-2-1-3-7-23)19-17-29(38)35-21-25-8-4-10-26(20-25)30(32,33)34/h1-4,6,8,10-12,14-15,20,23H,5,7,9,13,16-19,21-22H2,(H,35,38). The number of hydrogen-bond donors (Lipinski definition) is 1. The molecule has 2 aromatic carbocycles. The first-order valence-electron chi connectivity index (χ1n) is 12.9. The van der Waals surface area contributed by atoms with E-state index < -0.39 is 11.7 Å². The summed E-state index contributed by atoms with van der Waals surface area (Å²) in [6.07, 6.45) is 7.50. The van der Waals surface area contributed by atoms with E-state index in [4.69, 9.17) is 0 Å². The van der Waals surface area contributed by atoms with Crippen molar-refractivity contribution in [2.24, 2.45) is 5.92 Å². The average Bonchev–Trinajstić information content (AvgIpc) is 2.90. The first-order chi connectivity index (χ1) is 18.2. The largest absolute Gasteiger partial charge is 0.416 e. The van der Waals surface area contributed by atoms with E-state index in [1.807, 2.05) is 17.1 Å². The number of carbonyl (C=O) groups excluding carboxylic acids is 2. The maximum Gasteiger partial charge on any atom is 0.416 e. The summed E-state index contributed by atoms with van der Waals surface area (Å²) >= 11 is 0. The second kappa shape index (κ2) is 14.6. The van der Waals surface area contributed by atoms with Gasteiger partial charge in [0.1, 0.15) is 11.6 Å². The number of alkyl halides is 3. The Labute approximate surface area is 221 Å². The molecule has 1 unspecified atom stereocenters. The molecule has 0 aromatic heterocycles. The van der Waals surface area contributed by atoms with Gasteiger partial charge in [-0.3, -0.25) is 14.5 Å². The molecule has 204 valence electrons. The summed E-state index contributed by atoms with van der Waals surface area (Å²) < 4.78 is 51.9. The molecule has 3 rings (SSSR count). The van der Waals surface area contributed by atoms with Crippen molar-refractivity contribution in [1.82, 2.24) is 10.2 Å². The van der Waals surface area contributed by atoms with Gasteiger partial charge in [0.2, 0.25) is 5.91 Å². The highest BCUT2D eigenvalue weighted by atomic mass is 19.4. The van der Waals surface area contributed by atoms with Crippen molar-refractivity contribution < 1.29 is 27.2 Å². The topological polar surface area (TPSA) is 49.4 Å². The number of ketones is 1. The highest BCUT2D eigenvalue weighted by Gasteiger charge is 2.30. The van der Waals surface area contributed by atoms with E-state index in [-0.39, 0.29) is 37.0 Å². The predicted octanol–water partition coefficient (Wildman–Crippen LogP) is 6.27.